The summed E-state index contributed by atoms with van der Waals surface area (Å²) in [6, 6.07) is 0.944. The van der Waals surface area contributed by atoms with Crippen molar-refractivity contribution in [1.82, 2.24) is 10.2 Å². The van der Waals surface area contributed by atoms with E-state index >= 15 is 0 Å². The molecule has 2 heterocycles. The smallest absolute Gasteiger partial charge is 0.348 e. The van der Waals surface area contributed by atoms with E-state index in [4.69, 9.17) is 4.74 Å². The van der Waals surface area contributed by atoms with Crippen molar-refractivity contribution in [2.24, 2.45) is 0 Å². The van der Waals surface area contributed by atoms with Crippen LogP contribution in [0.1, 0.15) is 43.0 Å². The van der Waals surface area contributed by atoms with Gasteiger partial charge in [0.2, 0.25) is 0 Å². The summed E-state index contributed by atoms with van der Waals surface area (Å²) in [5.41, 5.74) is 0.0406. The normalized spacial score (nSPS) is 10.3. The Kier molecular flexibility index (Phi) is 5.67. The summed E-state index contributed by atoms with van der Waals surface area (Å²) in [5.74, 6) is -2.65. The quantitative estimate of drug-likeness (QED) is 0.436. The van der Waals surface area contributed by atoms with E-state index in [-0.39, 0.29) is 27.7 Å². The SMILES string of the molecule is CCOC(=O)c1sc(NC(=O)c2cc([N+](=O)[O-])[nH]n2)c(C(=O)OC)c1C. The van der Waals surface area contributed by atoms with Crippen LogP contribution < -0.4 is 5.32 Å². The lowest BCUT2D eigenvalue weighted by atomic mass is 10.1. The van der Waals surface area contributed by atoms with E-state index in [9.17, 15) is 24.5 Å². The predicted molar refractivity (Wildman–Crippen MR) is 89.5 cm³/mol. The monoisotopic (exact) mass is 382 g/mol. The third kappa shape index (κ3) is 3.69. The average Bonchev–Trinajstić information content (AvgIpc) is 3.20. The standard InChI is InChI=1S/C14H14N4O7S/c1-4-25-14(21)10-6(2)9(13(20)24-3)12(26-10)15-11(19)7-5-8(17-16-7)18(22)23/h5H,4H2,1-3H3,(H,15,19)(H,16,17). The number of amides is 1. The molecule has 0 saturated heterocycles. The highest BCUT2D eigenvalue weighted by Gasteiger charge is 2.28. The average molecular weight is 382 g/mol. The number of nitro groups is 1. The highest BCUT2D eigenvalue weighted by atomic mass is 32.1. The van der Waals surface area contributed by atoms with Crippen LogP contribution in [0.2, 0.25) is 0 Å². The van der Waals surface area contributed by atoms with Crippen molar-refractivity contribution in [1.29, 1.82) is 0 Å². The summed E-state index contributed by atoms with van der Waals surface area (Å²) in [5, 5.41) is 18.8. The zero-order chi connectivity index (χ0) is 19.4. The largest absolute Gasteiger partial charge is 0.465 e. The van der Waals surface area contributed by atoms with Crippen LogP contribution in [-0.2, 0) is 9.47 Å². The second kappa shape index (κ2) is 7.74. The molecule has 0 bridgehead atoms. The van der Waals surface area contributed by atoms with Crippen LogP contribution in [-0.4, -0.2) is 46.7 Å². The zero-order valence-corrected chi connectivity index (χ0v) is 14.8. The summed E-state index contributed by atoms with van der Waals surface area (Å²) >= 11 is 0.835. The Morgan fingerprint density at radius 2 is 2.08 bits per heavy atom. The number of aromatic amines is 1. The molecule has 0 atom stereocenters. The highest BCUT2D eigenvalue weighted by Crippen LogP contribution is 2.34. The number of hydrogen-bond acceptors (Lipinski definition) is 9. The number of nitrogens with one attached hydrogen (secondary N) is 2. The molecule has 0 aliphatic heterocycles. The Balaban J connectivity index is 2.38. The summed E-state index contributed by atoms with van der Waals surface area (Å²) in [6.45, 7) is 3.29. The fourth-order valence-electron chi connectivity index (χ4n) is 2.03. The number of aromatic nitrogens is 2. The fraction of sp³-hybridized carbons (Fsp3) is 0.286. The zero-order valence-electron chi connectivity index (χ0n) is 13.9. The number of carbonyl (C=O) groups excluding carboxylic acids is 3. The molecule has 2 rings (SSSR count). The van der Waals surface area contributed by atoms with Crippen molar-refractivity contribution in [3.05, 3.63) is 37.9 Å². The summed E-state index contributed by atoms with van der Waals surface area (Å²) < 4.78 is 9.61. The van der Waals surface area contributed by atoms with Gasteiger partial charge in [0, 0.05) is 0 Å². The number of hydrogen-bond donors (Lipinski definition) is 2. The molecule has 0 spiro atoms. The molecule has 138 valence electrons. The van der Waals surface area contributed by atoms with Gasteiger partial charge in [-0.3, -0.25) is 4.79 Å². The van der Waals surface area contributed by atoms with Gasteiger partial charge in [-0.1, -0.05) is 5.10 Å². The third-order valence-corrected chi connectivity index (χ3v) is 4.41. The van der Waals surface area contributed by atoms with Gasteiger partial charge >= 0.3 is 17.8 Å². The molecule has 26 heavy (non-hydrogen) atoms. The maximum Gasteiger partial charge on any atom is 0.348 e. The molecule has 2 N–H and O–H groups in total. The van der Waals surface area contributed by atoms with Crippen LogP contribution in [0.25, 0.3) is 0 Å². The van der Waals surface area contributed by atoms with E-state index in [2.05, 4.69) is 20.3 Å². The maximum absolute atomic E-state index is 12.3. The minimum Gasteiger partial charge on any atom is -0.465 e. The number of rotatable bonds is 6. The Morgan fingerprint density at radius 1 is 1.38 bits per heavy atom. The van der Waals surface area contributed by atoms with Gasteiger partial charge < -0.3 is 24.9 Å². The lowest BCUT2D eigenvalue weighted by molar-refractivity contribution is -0.389. The van der Waals surface area contributed by atoms with Gasteiger partial charge in [0.05, 0.1) is 25.3 Å². The van der Waals surface area contributed by atoms with E-state index in [1.807, 2.05) is 0 Å². The van der Waals surface area contributed by atoms with E-state index < -0.39 is 28.6 Å². The molecule has 12 heteroatoms. The Hall–Kier alpha value is -3.28. The number of esters is 2. The lowest BCUT2D eigenvalue weighted by Gasteiger charge is -2.04. The van der Waals surface area contributed by atoms with Gasteiger partial charge in [0.1, 0.15) is 9.88 Å². The first-order valence-electron chi connectivity index (χ1n) is 7.20. The molecule has 11 nitrogen and oxygen atoms in total. The minimum atomic E-state index is -0.795. The van der Waals surface area contributed by atoms with Gasteiger partial charge in [-0.2, -0.15) is 0 Å². The van der Waals surface area contributed by atoms with Crippen molar-refractivity contribution in [2.45, 2.75) is 13.8 Å². The van der Waals surface area contributed by atoms with E-state index in [1.54, 1.807) is 6.92 Å². The van der Waals surface area contributed by atoms with Crippen molar-refractivity contribution < 1.29 is 28.8 Å². The van der Waals surface area contributed by atoms with Crippen LogP contribution in [0.5, 0.6) is 0 Å². The maximum atomic E-state index is 12.3. The van der Waals surface area contributed by atoms with Crippen molar-refractivity contribution >= 4 is 40.0 Å². The molecular formula is C14H14N4O7S. The molecule has 0 aliphatic carbocycles. The van der Waals surface area contributed by atoms with Gasteiger partial charge in [-0.05, 0) is 24.3 Å². The molecule has 0 saturated carbocycles. The predicted octanol–water partition coefficient (Wildman–Crippen LogP) is 1.90. The van der Waals surface area contributed by atoms with Crippen LogP contribution in [0.4, 0.5) is 10.8 Å². The van der Waals surface area contributed by atoms with E-state index in [0.717, 1.165) is 24.5 Å². The minimum absolute atomic E-state index is 0.000983. The molecule has 1 amide bonds. The van der Waals surface area contributed by atoms with Gasteiger partial charge in [-0.25, -0.2) is 9.59 Å². The summed E-state index contributed by atoms with van der Waals surface area (Å²) in [6.07, 6.45) is 0. The first kappa shape index (κ1) is 19.1. The van der Waals surface area contributed by atoms with Crippen LogP contribution in [0.3, 0.4) is 0 Å². The van der Waals surface area contributed by atoms with E-state index in [0.29, 0.717) is 5.56 Å². The Morgan fingerprint density at radius 3 is 2.62 bits per heavy atom. The first-order valence-corrected chi connectivity index (χ1v) is 8.01. The molecule has 0 aromatic carbocycles. The van der Waals surface area contributed by atoms with E-state index in [1.165, 1.54) is 6.92 Å². The van der Waals surface area contributed by atoms with Gasteiger partial charge in [0.25, 0.3) is 5.91 Å². The molecular weight excluding hydrogens is 368 g/mol. The van der Waals surface area contributed by atoms with Crippen molar-refractivity contribution in [3.63, 3.8) is 0 Å². The number of nitrogens with zero attached hydrogens (tertiary/aromatic N) is 2. The second-order valence-corrected chi connectivity index (χ2v) is 5.84. The number of thiophene rings is 1. The van der Waals surface area contributed by atoms with Crippen LogP contribution >= 0.6 is 11.3 Å². The number of carbonyl (C=O) groups is 3. The molecule has 0 aliphatic rings. The number of H-pyrrole nitrogens is 1. The number of anilines is 1. The molecule has 2 aromatic rings. The molecule has 0 radical (unpaired) electrons. The number of methoxy groups -OCH3 is 1. The van der Waals surface area contributed by atoms with Gasteiger partial charge in [0.15, 0.2) is 5.69 Å². The van der Waals surface area contributed by atoms with Crippen LogP contribution in [0.15, 0.2) is 6.07 Å². The Bertz CT molecular complexity index is 886. The molecule has 2 aromatic heterocycles. The summed E-state index contributed by atoms with van der Waals surface area (Å²) in [4.78, 5) is 46.3. The first-order chi connectivity index (χ1) is 12.3. The topological polar surface area (TPSA) is 154 Å². The molecule has 0 unspecified atom stereocenters. The fourth-order valence-corrected chi connectivity index (χ4v) is 3.11. The summed E-state index contributed by atoms with van der Waals surface area (Å²) in [7, 11) is 1.16. The van der Waals surface area contributed by atoms with Crippen molar-refractivity contribution in [2.75, 3.05) is 19.0 Å². The Labute approximate surface area is 150 Å². The number of ether oxygens (including phenoxy) is 2. The second-order valence-electron chi connectivity index (χ2n) is 4.82. The van der Waals surface area contributed by atoms with Crippen LogP contribution in [0, 0.1) is 17.0 Å². The third-order valence-electron chi connectivity index (χ3n) is 3.22. The van der Waals surface area contributed by atoms with Gasteiger partial charge in [-0.15, -0.1) is 16.4 Å². The van der Waals surface area contributed by atoms with Crippen molar-refractivity contribution in [3.8, 4) is 0 Å². The highest BCUT2D eigenvalue weighted by molar-refractivity contribution is 7.18. The lowest BCUT2D eigenvalue weighted by Crippen LogP contribution is -2.14. The molecule has 0 fully saturated rings.